The highest BCUT2D eigenvalue weighted by atomic mass is 35.5. The van der Waals surface area contributed by atoms with Gasteiger partial charge in [-0.15, -0.1) is 12.4 Å². The van der Waals surface area contributed by atoms with Crippen molar-refractivity contribution >= 4 is 18.3 Å². The molecular weight excluding hydrogens is 443 g/mol. The molecule has 2 saturated heterocycles. The van der Waals surface area contributed by atoms with E-state index in [2.05, 4.69) is 17.0 Å². The Kier molecular flexibility index (Phi) is 7.09. The minimum atomic E-state index is -0.130. The number of carbonyl (C=O) groups excluding carboxylic acids is 1. The number of ether oxygens (including phenoxy) is 2. The molecule has 5 nitrogen and oxygen atoms in total. The minimum absolute atomic E-state index is 0. The Morgan fingerprint density at radius 3 is 2.18 bits per heavy atom. The smallest absolute Gasteiger partial charge is 0.228 e. The van der Waals surface area contributed by atoms with Crippen molar-refractivity contribution in [2.24, 2.45) is 16.6 Å². The van der Waals surface area contributed by atoms with Crippen LogP contribution in [0.1, 0.15) is 56.9 Å². The van der Waals surface area contributed by atoms with Gasteiger partial charge in [-0.25, -0.2) is 4.39 Å². The molecule has 3 aliphatic carbocycles. The zero-order valence-electron chi connectivity index (χ0n) is 19.3. The predicted octanol–water partition coefficient (Wildman–Crippen LogP) is 4.53. The summed E-state index contributed by atoms with van der Waals surface area (Å²) in [5.41, 5.74) is 7.66. The molecule has 1 spiro atoms. The maximum atomic E-state index is 13.5. The Bertz CT molecular complexity index is 849. The van der Waals surface area contributed by atoms with Gasteiger partial charge in [0.05, 0.1) is 6.33 Å². The Hall–Kier alpha value is -1.63. The average molecular weight is 479 g/mol. The Labute approximate surface area is 202 Å². The Balaban J connectivity index is 0.00000259. The van der Waals surface area contributed by atoms with E-state index in [1.807, 2.05) is 12.1 Å². The molecule has 1 amide bonds. The third-order valence-electron chi connectivity index (χ3n) is 8.90. The van der Waals surface area contributed by atoms with Crippen LogP contribution in [0.15, 0.2) is 36.2 Å². The van der Waals surface area contributed by atoms with Crippen LogP contribution in [-0.4, -0.2) is 50.3 Å². The number of nitrogens with two attached hydrogens (primary N) is 1. The van der Waals surface area contributed by atoms with E-state index >= 15 is 0 Å². The quantitative estimate of drug-likeness (QED) is 0.652. The van der Waals surface area contributed by atoms with E-state index in [0.717, 1.165) is 83.4 Å². The molecule has 0 radical (unpaired) electrons. The first-order valence-electron chi connectivity index (χ1n) is 12.1. The fraction of sp³-hybridized carbons (Fsp3) is 0.654. The lowest BCUT2D eigenvalue weighted by atomic mass is 9.51. The zero-order chi connectivity index (χ0) is 22.2. The number of halogens is 2. The number of carbonyl (C=O) groups is 1. The van der Waals surface area contributed by atoms with E-state index in [9.17, 15) is 9.18 Å². The molecule has 7 heteroatoms. The molecule has 0 aromatic heterocycles. The number of amides is 1. The monoisotopic (exact) mass is 478 g/mol. The van der Waals surface area contributed by atoms with Gasteiger partial charge >= 0.3 is 0 Å². The Morgan fingerprint density at radius 1 is 1.03 bits per heavy atom. The van der Waals surface area contributed by atoms with Crippen molar-refractivity contribution in [2.45, 2.75) is 56.8 Å². The molecule has 1 aromatic carbocycles. The number of hydrogen-bond donors (Lipinski definition) is 1. The van der Waals surface area contributed by atoms with Crippen molar-refractivity contribution in [3.8, 4) is 5.75 Å². The number of hydrogen-bond acceptors (Lipinski definition) is 4. The average Bonchev–Trinajstić information content (AvgIpc) is 2.84. The standard InChI is InChI=1S/C26H35FN2O3.ClH/c27-15-20(16-28)17-32-22-3-1-21(2-4-22)25-5-8-26(9-6-25,10-7-25)23(30)29-18-24(19-29)11-13-31-14-12-24;/h1-4,15H,5-14,16-19,28H2;1H/b20-15+;. The summed E-state index contributed by atoms with van der Waals surface area (Å²) in [5, 5.41) is 0. The highest BCUT2D eigenvalue weighted by Crippen LogP contribution is 2.59. The molecule has 2 heterocycles. The van der Waals surface area contributed by atoms with Gasteiger partial charge in [0.25, 0.3) is 0 Å². The highest BCUT2D eigenvalue weighted by Gasteiger charge is 2.56. The number of nitrogens with zero attached hydrogens (tertiary/aromatic N) is 1. The molecule has 2 N–H and O–H groups in total. The van der Waals surface area contributed by atoms with Gasteiger partial charge in [-0.1, -0.05) is 12.1 Å². The van der Waals surface area contributed by atoms with Gasteiger partial charge < -0.3 is 20.1 Å². The molecule has 1 aromatic rings. The van der Waals surface area contributed by atoms with Crippen molar-refractivity contribution in [1.29, 1.82) is 0 Å². The van der Waals surface area contributed by atoms with E-state index in [-0.39, 0.29) is 36.4 Å². The summed E-state index contributed by atoms with van der Waals surface area (Å²) in [7, 11) is 0. The minimum Gasteiger partial charge on any atom is -0.489 e. The molecule has 0 unspecified atom stereocenters. The van der Waals surface area contributed by atoms with Crippen LogP contribution in [-0.2, 0) is 14.9 Å². The number of benzene rings is 1. The van der Waals surface area contributed by atoms with Crippen LogP contribution >= 0.6 is 12.4 Å². The van der Waals surface area contributed by atoms with E-state index in [1.54, 1.807) is 0 Å². The molecular formula is C26H36ClFN2O3. The summed E-state index contributed by atoms with van der Waals surface area (Å²) >= 11 is 0. The first-order valence-corrected chi connectivity index (χ1v) is 12.1. The Morgan fingerprint density at radius 2 is 1.64 bits per heavy atom. The van der Waals surface area contributed by atoms with Gasteiger partial charge in [0, 0.05) is 49.3 Å². The maximum absolute atomic E-state index is 13.5. The van der Waals surface area contributed by atoms with Crippen molar-refractivity contribution < 1.29 is 18.7 Å². The van der Waals surface area contributed by atoms with Crippen LogP contribution in [0.25, 0.3) is 0 Å². The normalized spacial score (nSPS) is 30.5. The SMILES string of the molecule is Cl.NC/C(=C\F)COc1ccc(C23CCC(C(=O)N4CC5(CCOCC5)C4)(CC2)CC3)cc1. The highest BCUT2D eigenvalue weighted by molar-refractivity contribution is 5.85. The summed E-state index contributed by atoms with van der Waals surface area (Å²) in [6.45, 7) is 3.90. The third-order valence-corrected chi connectivity index (χ3v) is 8.90. The zero-order valence-corrected chi connectivity index (χ0v) is 20.1. The van der Waals surface area contributed by atoms with Crippen LogP contribution in [0.2, 0.25) is 0 Å². The molecule has 3 saturated carbocycles. The largest absolute Gasteiger partial charge is 0.489 e. The second-order valence-corrected chi connectivity index (χ2v) is 10.6. The topological polar surface area (TPSA) is 64.8 Å². The second kappa shape index (κ2) is 9.55. The lowest BCUT2D eigenvalue weighted by Gasteiger charge is -2.58. The molecule has 2 aliphatic heterocycles. The van der Waals surface area contributed by atoms with Gasteiger partial charge in [-0.05, 0) is 74.5 Å². The number of likely N-dealkylation sites (tertiary alicyclic amines) is 1. The van der Waals surface area contributed by atoms with E-state index < -0.39 is 0 Å². The van der Waals surface area contributed by atoms with Crippen molar-refractivity contribution in [3.05, 3.63) is 41.7 Å². The third kappa shape index (κ3) is 4.42. The molecule has 6 rings (SSSR count). The van der Waals surface area contributed by atoms with Crippen LogP contribution in [0.3, 0.4) is 0 Å². The summed E-state index contributed by atoms with van der Waals surface area (Å²) < 4.78 is 23.9. The second-order valence-electron chi connectivity index (χ2n) is 10.6. The lowest BCUT2D eigenvalue weighted by molar-refractivity contribution is -0.167. The first kappa shape index (κ1) is 24.5. The first-order chi connectivity index (χ1) is 15.5. The predicted molar refractivity (Wildman–Crippen MR) is 128 cm³/mol. The number of fused-ring (bicyclic) bond motifs is 3. The van der Waals surface area contributed by atoms with Gasteiger partial charge in [-0.2, -0.15) is 0 Å². The van der Waals surface area contributed by atoms with Crippen molar-refractivity contribution in [3.63, 3.8) is 0 Å². The molecule has 33 heavy (non-hydrogen) atoms. The molecule has 5 aliphatic rings. The van der Waals surface area contributed by atoms with Gasteiger partial charge in [0.2, 0.25) is 5.91 Å². The fourth-order valence-electron chi connectivity index (χ4n) is 6.52. The maximum Gasteiger partial charge on any atom is 0.228 e. The van der Waals surface area contributed by atoms with Crippen LogP contribution in [0, 0.1) is 10.8 Å². The van der Waals surface area contributed by atoms with E-state index in [4.69, 9.17) is 15.2 Å². The summed E-state index contributed by atoms with van der Waals surface area (Å²) in [6.07, 6.45) is 8.95. The van der Waals surface area contributed by atoms with Crippen molar-refractivity contribution in [2.75, 3.05) is 39.5 Å². The fourth-order valence-corrected chi connectivity index (χ4v) is 6.52. The molecule has 2 bridgehead atoms. The molecule has 0 atom stereocenters. The molecule has 182 valence electrons. The van der Waals surface area contributed by atoms with E-state index in [1.165, 1.54) is 5.56 Å². The summed E-state index contributed by atoms with van der Waals surface area (Å²) in [6, 6.07) is 8.26. The van der Waals surface area contributed by atoms with Crippen LogP contribution in [0.4, 0.5) is 4.39 Å². The lowest BCUT2D eigenvalue weighted by Crippen LogP contribution is -2.64. The summed E-state index contributed by atoms with van der Waals surface area (Å²) in [4.78, 5) is 15.6. The summed E-state index contributed by atoms with van der Waals surface area (Å²) in [5.74, 6) is 1.15. The van der Waals surface area contributed by atoms with Crippen LogP contribution < -0.4 is 10.5 Å². The van der Waals surface area contributed by atoms with Crippen LogP contribution in [0.5, 0.6) is 5.75 Å². The van der Waals surface area contributed by atoms with Crippen molar-refractivity contribution in [1.82, 2.24) is 4.90 Å². The van der Waals surface area contributed by atoms with Gasteiger partial charge in [-0.3, -0.25) is 4.79 Å². The van der Waals surface area contributed by atoms with Gasteiger partial charge in [0.1, 0.15) is 12.4 Å². The molecule has 5 fully saturated rings. The van der Waals surface area contributed by atoms with E-state index in [0.29, 0.717) is 23.2 Å². The number of rotatable bonds is 6. The van der Waals surface area contributed by atoms with Gasteiger partial charge in [0.15, 0.2) is 0 Å².